The van der Waals surface area contributed by atoms with Crippen LogP contribution in [0.2, 0.25) is 5.02 Å². The van der Waals surface area contributed by atoms with E-state index in [1.807, 2.05) is 0 Å². The molecule has 0 unspecified atom stereocenters. The monoisotopic (exact) mass is 266 g/mol. The van der Waals surface area contributed by atoms with Crippen molar-refractivity contribution in [2.45, 2.75) is 19.9 Å². The highest BCUT2D eigenvalue weighted by Crippen LogP contribution is 2.22. The Labute approximate surface area is 111 Å². The highest BCUT2D eigenvalue weighted by atomic mass is 35.5. The first-order valence-corrected chi connectivity index (χ1v) is 6.24. The molecule has 96 valence electrons. The third kappa shape index (κ3) is 3.75. The number of benzene rings is 1. The van der Waals surface area contributed by atoms with E-state index >= 15 is 0 Å². The summed E-state index contributed by atoms with van der Waals surface area (Å²) in [6, 6.07) is 7.04. The van der Waals surface area contributed by atoms with Crippen LogP contribution in [0, 0.1) is 0 Å². The summed E-state index contributed by atoms with van der Waals surface area (Å²) in [7, 11) is 0. The van der Waals surface area contributed by atoms with Gasteiger partial charge >= 0.3 is 6.08 Å². The van der Waals surface area contributed by atoms with E-state index in [2.05, 4.69) is 17.2 Å². The van der Waals surface area contributed by atoms with Crippen molar-refractivity contribution in [3.63, 3.8) is 0 Å². The van der Waals surface area contributed by atoms with Crippen molar-refractivity contribution >= 4 is 11.6 Å². The van der Waals surface area contributed by atoms with Crippen molar-refractivity contribution in [1.82, 2.24) is 10.3 Å². The summed E-state index contributed by atoms with van der Waals surface area (Å²) in [5.41, 5.74) is 0.826. The van der Waals surface area contributed by atoms with E-state index in [9.17, 15) is 0 Å². The standard InChI is InChI=1S/C13H15ClN2O2/c1-2-7-15-8-11-9-17-13(16-11)18-12-5-3-10(14)4-6-12/h3-6,9,15H,2,7-8H2,1H3. The van der Waals surface area contributed by atoms with E-state index in [1.54, 1.807) is 30.5 Å². The molecule has 0 saturated heterocycles. The third-order valence-corrected chi connectivity index (χ3v) is 2.53. The van der Waals surface area contributed by atoms with Crippen molar-refractivity contribution < 1.29 is 9.15 Å². The SMILES string of the molecule is CCCNCc1coc(Oc2ccc(Cl)cc2)n1. The van der Waals surface area contributed by atoms with Gasteiger partial charge in [0.1, 0.15) is 12.0 Å². The van der Waals surface area contributed by atoms with E-state index in [0.717, 1.165) is 18.7 Å². The molecule has 0 bridgehead atoms. The summed E-state index contributed by atoms with van der Waals surface area (Å²) in [6.45, 7) is 3.76. The summed E-state index contributed by atoms with van der Waals surface area (Å²) in [5.74, 6) is 0.648. The van der Waals surface area contributed by atoms with Gasteiger partial charge in [-0.15, -0.1) is 0 Å². The molecule has 0 spiro atoms. The number of oxazole rings is 1. The van der Waals surface area contributed by atoms with Gasteiger partial charge in [0.2, 0.25) is 0 Å². The Bertz CT molecular complexity index is 482. The molecule has 0 aliphatic rings. The molecule has 1 heterocycles. The Morgan fingerprint density at radius 1 is 1.33 bits per heavy atom. The molecule has 0 amide bonds. The normalized spacial score (nSPS) is 10.6. The fourth-order valence-corrected chi connectivity index (χ4v) is 1.54. The smallest absolute Gasteiger partial charge is 0.399 e. The minimum Gasteiger partial charge on any atom is -0.417 e. The van der Waals surface area contributed by atoms with Gasteiger partial charge in [-0.1, -0.05) is 18.5 Å². The summed E-state index contributed by atoms with van der Waals surface area (Å²) in [4.78, 5) is 4.22. The highest BCUT2D eigenvalue weighted by molar-refractivity contribution is 6.30. The number of aromatic nitrogens is 1. The average molecular weight is 267 g/mol. The van der Waals surface area contributed by atoms with Crippen molar-refractivity contribution in [2.75, 3.05) is 6.54 Å². The van der Waals surface area contributed by atoms with Crippen LogP contribution in [0.25, 0.3) is 0 Å². The molecular weight excluding hydrogens is 252 g/mol. The third-order valence-electron chi connectivity index (χ3n) is 2.28. The van der Waals surface area contributed by atoms with Gasteiger partial charge in [-0.2, -0.15) is 4.98 Å². The number of rotatable bonds is 6. The Balaban J connectivity index is 1.91. The molecule has 1 aromatic carbocycles. The Hall–Kier alpha value is -1.52. The van der Waals surface area contributed by atoms with Gasteiger partial charge in [-0.05, 0) is 37.2 Å². The van der Waals surface area contributed by atoms with Gasteiger partial charge in [-0.3, -0.25) is 0 Å². The fraction of sp³-hybridized carbons (Fsp3) is 0.308. The molecule has 18 heavy (non-hydrogen) atoms. The first-order chi connectivity index (χ1) is 8.78. The lowest BCUT2D eigenvalue weighted by Gasteiger charge is -1.99. The summed E-state index contributed by atoms with van der Waals surface area (Å²) >= 11 is 5.79. The van der Waals surface area contributed by atoms with Crippen LogP contribution in [0.3, 0.4) is 0 Å². The van der Waals surface area contributed by atoms with Crippen LogP contribution >= 0.6 is 11.6 Å². The summed E-state index contributed by atoms with van der Waals surface area (Å²) in [6.07, 6.45) is 2.92. The average Bonchev–Trinajstić information content (AvgIpc) is 2.80. The second kappa shape index (κ2) is 6.42. The Kier molecular flexibility index (Phi) is 4.61. The van der Waals surface area contributed by atoms with E-state index in [0.29, 0.717) is 17.3 Å². The lowest BCUT2D eigenvalue weighted by Crippen LogP contribution is -2.13. The summed E-state index contributed by atoms with van der Waals surface area (Å²) in [5, 5.41) is 3.91. The molecule has 0 fully saturated rings. The number of ether oxygens (including phenoxy) is 1. The molecule has 1 aromatic heterocycles. The topological polar surface area (TPSA) is 47.3 Å². The van der Waals surface area contributed by atoms with Crippen molar-refractivity contribution in [2.24, 2.45) is 0 Å². The molecule has 0 atom stereocenters. The van der Waals surface area contributed by atoms with E-state index in [-0.39, 0.29) is 6.08 Å². The predicted molar refractivity (Wildman–Crippen MR) is 70.0 cm³/mol. The van der Waals surface area contributed by atoms with Crippen molar-refractivity contribution in [1.29, 1.82) is 0 Å². The first kappa shape index (κ1) is 12.9. The lowest BCUT2D eigenvalue weighted by atomic mass is 10.3. The minimum atomic E-state index is 0.241. The zero-order valence-corrected chi connectivity index (χ0v) is 10.9. The maximum Gasteiger partial charge on any atom is 0.399 e. The van der Waals surface area contributed by atoms with Gasteiger partial charge in [0.15, 0.2) is 0 Å². The number of nitrogens with one attached hydrogen (secondary N) is 1. The predicted octanol–water partition coefficient (Wildman–Crippen LogP) is 3.62. The van der Waals surface area contributed by atoms with E-state index in [4.69, 9.17) is 20.8 Å². The quantitative estimate of drug-likeness (QED) is 0.811. The van der Waals surface area contributed by atoms with Gasteiger partial charge in [0.25, 0.3) is 0 Å². The van der Waals surface area contributed by atoms with Gasteiger partial charge in [0, 0.05) is 11.6 Å². The van der Waals surface area contributed by atoms with Crippen LogP contribution in [-0.2, 0) is 6.54 Å². The maximum atomic E-state index is 5.79. The Morgan fingerprint density at radius 2 is 2.11 bits per heavy atom. The van der Waals surface area contributed by atoms with Crippen molar-refractivity contribution in [3.05, 3.63) is 41.2 Å². The van der Waals surface area contributed by atoms with Crippen LogP contribution in [0.1, 0.15) is 19.0 Å². The molecule has 0 saturated carbocycles. The largest absolute Gasteiger partial charge is 0.417 e. The zero-order valence-electron chi connectivity index (χ0n) is 10.1. The van der Waals surface area contributed by atoms with Crippen LogP contribution in [0.5, 0.6) is 11.8 Å². The number of nitrogens with zero attached hydrogens (tertiary/aromatic N) is 1. The zero-order chi connectivity index (χ0) is 12.8. The van der Waals surface area contributed by atoms with Crippen LogP contribution in [0.4, 0.5) is 0 Å². The molecule has 0 radical (unpaired) electrons. The molecule has 2 aromatic rings. The van der Waals surface area contributed by atoms with Gasteiger partial charge in [0.05, 0.1) is 5.69 Å². The second-order valence-corrected chi connectivity index (χ2v) is 4.27. The lowest BCUT2D eigenvalue weighted by molar-refractivity contribution is 0.331. The number of hydrogen-bond acceptors (Lipinski definition) is 4. The molecule has 0 aliphatic heterocycles. The van der Waals surface area contributed by atoms with Crippen LogP contribution in [-0.4, -0.2) is 11.5 Å². The van der Waals surface area contributed by atoms with E-state index < -0.39 is 0 Å². The number of hydrogen-bond donors (Lipinski definition) is 1. The minimum absolute atomic E-state index is 0.241. The van der Waals surface area contributed by atoms with Crippen LogP contribution < -0.4 is 10.1 Å². The number of halogens is 1. The van der Waals surface area contributed by atoms with Gasteiger partial charge in [-0.25, -0.2) is 0 Å². The second-order valence-electron chi connectivity index (χ2n) is 3.84. The molecular formula is C13H15ClN2O2. The maximum absolute atomic E-state index is 5.79. The summed E-state index contributed by atoms with van der Waals surface area (Å²) < 4.78 is 10.7. The van der Waals surface area contributed by atoms with Crippen LogP contribution in [0.15, 0.2) is 34.9 Å². The van der Waals surface area contributed by atoms with Crippen molar-refractivity contribution in [3.8, 4) is 11.8 Å². The van der Waals surface area contributed by atoms with E-state index in [1.165, 1.54) is 0 Å². The van der Waals surface area contributed by atoms with Gasteiger partial charge < -0.3 is 14.5 Å². The highest BCUT2D eigenvalue weighted by Gasteiger charge is 2.05. The molecule has 1 N–H and O–H groups in total. The molecule has 4 nitrogen and oxygen atoms in total. The first-order valence-electron chi connectivity index (χ1n) is 5.86. The molecule has 5 heteroatoms. The molecule has 2 rings (SSSR count). The molecule has 0 aliphatic carbocycles. The Morgan fingerprint density at radius 3 is 2.83 bits per heavy atom. The fourth-order valence-electron chi connectivity index (χ4n) is 1.41.